The van der Waals surface area contributed by atoms with Crippen LogP contribution < -0.4 is 0 Å². The van der Waals surface area contributed by atoms with E-state index in [-0.39, 0.29) is 13.9 Å². The summed E-state index contributed by atoms with van der Waals surface area (Å²) in [5, 5.41) is 0. The highest BCUT2D eigenvalue weighted by Crippen LogP contribution is 2.80. The molecule has 0 aromatic heterocycles. The summed E-state index contributed by atoms with van der Waals surface area (Å²) in [6.07, 6.45) is 15.4. The van der Waals surface area contributed by atoms with Gasteiger partial charge in [-0.15, -0.1) is 11.6 Å². The summed E-state index contributed by atoms with van der Waals surface area (Å²) in [5.74, 6) is 5.24. The first kappa shape index (κ1) is 14.5. The number of hydrogen-bond acceptors (Lipinski definition) is 1. The third-order valence-electron chi connectivity index (χ3n) is 9.58. The van der Waals surface area contributed by atoms with Crippen molar-refractivity contribution in [2.24, 2.45) is 46.3 Å². The van der Waals surface area contributed by atoms with Crippen LogP contribution in [0, 0.1) is 46.3 Å². The molecule has 0 aliphatic heterocycles. The van der Waals surface area contributed by atoms with Crippen molar-refractivity contribution in [3.8, 4) is 0 Å². The van der Waals surface area contributed by atoms with Crippen molar-refractivity contribution in [3.63, 3.8) is 0 Å². The molecule has 0 N–H and O–H groups in total. The summed E-state index contributed by atoms with van der Waals surface area (Å²) in [5.41, 5.74) is 0.659. The van der Waals surface area contributed by atoms with E-state index in [1.54, 1.807) is 0 Å². The van der Waals surface area contributed by atoms with Gasteiger partial charge in [0.2, 0.25) is 0 Å². The number of alkyl halides is 1. The van der Waals surface area contributed by atoms with Gasteiger partial charge in [-0.25, -0.2) is 0 Å². The molecule has 0 heterocycles. The summed E-state index contributed by atoms with van der Waals surface area (Å²) in [6, 6.07) is 0. The van der Waals surface area contributed by atoms with E-state index in [9.17, 15) is 4.57 Å². The maximum Gasteiger partial charge on any atom is 0.179 e. The molecule has 0 amide bonds. The molecule has 126 valence electrons. The van der Waals surface area contributed by atoms with Crippen LogP contribution in [0.2, 0.25) is 0 Å². The highest BCUT2D eigenvalue weighted by Gasteiger charge is 2.74. The molecule has 0 spiro atoms. The van der Waals surface area contributed by atoms with Crippen molar-refractivity contribution in [1.82, 2.24) is 0 Å². The Balaban J connectivity index is 1.52. The largest absolute Gasteiger partial charge is 0.273 e. The van der Waals surface area contributed by atoms with Gasteiger partial charge >= 0.3 is 0 Å². The summed E-state index contributed by atoms with van der Waals surface area (Å²) in [6.45, 7) is 0. The molecule has 0 radical (unpaired) electrons. The topological polar surface area (TPSA) is 17.1 Å². The smallest absolute Gasteiger partial charge is 0.179 e. The van der Waals surface area contributed by atoms with Gasteiger partial charge in [0.1, 0.15) is 4.62 Å². The first-order valence-corrected chi connectivity index (χ1v) is 11.3. The zero-order chi connectivity index (χ0) is 15.4. The van der Waals surface area contributed by atoms with Gasteiger partial charge in [-0.1, -0.05) is 0 Å². The first-order chi connectivity index (χ1) is 11.1. The van der Waals surface area contributed by atoms with Crippen LogP contribution in [0.4, 0.5) is 0 Å². The predicted octanol–water partition coefficient (Wildman–Crippen LogP) is 6.26. The van der Waals surface area contributed by atoms with E-state index in [0.29, 0.717) is 11.3 Å². The second kappa shape index (κ2) is 4.37. The predicted molar refractivity (Wildman–Crippen MR) is 92.8 cm³/mol. The van der Waals surface area contributed by atoms with Gasteiger partial charge < -0.3 is 0 Å². The van der Waals surface area contributed by atoms with Crippen LogP contribution in [0.5, 0.6) is 0 Å². The van der Waals surface area contributed by atoms with E-state index >= 15 is 0 Å². The Morgan fingerprint density at radius 3 is 1.57 bits per heavy atom. The Hall–Kier alpha value is 0.390. The fourth-order valence-corrected chi connectivity index (χ4v) is 11.1. The lowest BCUT2D eigenvalue weighted by Crippen LogP contribution is -2.68. The van der Waals surface area contributed by atoms with Crippen LogP contribution >= 0.6 is 20.1 Å². The Labute approximate surface area is 146 Å². The van der Waals surface area contributed by atoms with Crippen molar-refractivity contribution in [3.05, 3.63) is 0 Å². The van der Waals surface area contributed by atoms with Gasteiger partial charge in [0.05, 0.1) is 0 Å². The SMILES string of the molecule is O=P[C@@]1(Cl)C2C[C@H]3C[C@H](C2)CC1(C12CC4CC(CC(C4)C1)C2)C3. The van der Waals surface area contributed by atoms with E-state index in [4.69, 9.17) is 11.6 Å². The standard InChI is InChI=1S/C20H28ClOP/c21-20(23-22)17-5-15-4-16(6-17)11-19(20,10-15)18-7-12-1-13(8-18)3-14(2-12)9-18/h12-17H,1-11H2/t12?,13?,14?,15-,16-,17?,18?,19?,20+/m1/s1. The van der Waals surface area contributed by atoms with Crippen molar-refractivity contribution in [1.29, 1.82) is 0 Å². The molecule has 8 bridgehead atoms. The van der Waals surface area contributed by atoms with Crippen LogP contribution in [0.1, 0.15) is 70.6 Å². The van der Waals surface area contributed by atoms with E-state index in [0.717, 1.165) is 29.6 Å². The lowest BCUT2D eigenvalue weighted by atomic mass is 9.34. The molecule has 3 heteroatoms. The molecule has 8 saturated carbocycles. The second-order valence-corrected chi connectivity index (χ2v) is 12.3. The average Bonchev–Trinajstić information content (AvgIpc) is 2.50. The van der Waals surface area contributed by atoms with Gasteiger partial charge in [-0.3, -0.25) is 4.57 Å². The number of hydrogen-bond donors (Lipinski definition) is 0. The summed E-state index contributed by atoms with van der Waals surface area (Å²) < 4.78 is 12.1. The lowest BCUT2D eigenvalue weighted by Gasteiger charge is -2.73. The molecule has 0 aromatic carbocycles. The molecule has 0 aromatic rings. The van der Waals surface area contributed by atoms with Crippen LogP contribution in [0.25, 0.3) is 0 Å². The molecular weight excluding hydrogens is 323 g/mol. The molecular formula is C20H28ClOP. The fourth-order valence-electron chi connectivity index (χ4n) is 9.62. The zero-order valence-electron chi connectivity index (χ0n) is 14.0. The quantitative estimate of drug-likeness (QED) is 0.424. The normalized spacial score (nSPS) is 65.6. The second-order valence-electron chi connectivity index (χ2n) is 10.6. The summed E-state index contributed by atoms with van der Waals surface area (Å²) in [7, 11) is 0.266. The van der Waals surface area contributed by atoms with Crippen molar-refractivity contribution in [2.45, 2.75) is 75.2 Å². The minimum Gasteiger partial charge on any atom is -0.273 e. The summed E-state index contributed by atoms with van der Waals surface area (Å²) >= 11 is 7.38. The monoisotopic (exact) mass is 350 g/mol. The fraction of sp³-hybridized carbons (Fsp3) is 1.00. The third-order valence-corrected chi connectivity index (χ3v) is 11.5. The summed E-state index contributed by atoms with van der Waals surface area (Å²) in [4.78, 5) is 0. The highest BCUT2D eigenvalue weighted by molar-refractivity contribution is 7.29. The van der Waals surface area contributed by atoms with Crippen molar-refractivity contribution in [2.75, 3.05) is 0 Å². The molecule has 23 heavy (non-hydrogen) atoms. The zero-order valence-corrected chi connectivity index (χ0v) is 15.6. The van der Waals surface area contributed by atoms with Crippen LogP contribution in [0.15, 0.2) is 0 Å². The van der Waals surface area contributed by atoms with E-state index in [1.165, 1.54) is 70.6 Å². The number of rotatable bonds is 2. The molecule has 8 aliphatic carbocycles. The minimum absolute atomic E-state index is 0.204. The average molecular weight is 351 g/mol. The molecule has 0 saturated heterocycles. The van der Waals surface area contributed by atoms with Crippen LogP contribution in [-0.4, -0.2) is 4.62 Å². The molecule has 8 aliphatic rings. The van der Waals surface area contributed by atoms with Gasteiger partial charge in [0.25, 0.3) is 0 Å². The molecule has 3 atom stereocenters. The Morgan fingerprint density at radius 1 is 0.696 bits per heavy atom. The molecule has 8 fully saturated rings. The van der Waals surface area contributed by atoms with Gasteiger partial charge in [-0.05, 0) is 112 Å². The third kappa shape index (κ3) is 1.60. The molecule has 1 nitrogen and oxygen atoms in total. The molecule has 0 unspecified atom stereocenters. The Kier molecular flexibility index (Phi) is 2.77. The van der Waals surface area contributed by atoms with Gasteiger partial charge in [0.15, 0.2) is 8.46 Å². The first-order valence-electron chi connectivity index (χ1n) is 10.1. The lowest BCUT2D eigenvalue weighted by molar-refractivity contribution is -0.203. The Bertz CT molecular complexity index is 525. The number of halogens is 1. The van der Waals surface area contributed by atoms with Gasteiger partial charge in [-0.2, -0.15) is 0 Å². The van der Waals surface area contributed by atoms with Crippen LogP contribution in [-0.2, 0) is 4.57 Å². The van der Waals surface area contributed by atoms with E-state index < -0.39 is 4.62 Å². The maximum absolute atomic E-state index is 12.5. The van der Waals surface area contributed by atoms with Crippen LogP contribution in [0.3, 0.4) is 0 Å². The maximum atomic E-state index is 12.5. The van der Waals surface area contributed by atoms with Crippen molar-refractivity contribution >= 4 is 20.1 Å². The van der Waals surface area contributed by atoms with E-state index in [2.05, 4.69) is 0 Å². The Morgan fingerprint density at radius 2 is 1.13 bits per heavy atom. The molecule has 8 rings (SSSR count). The minimum atomic E-state index is -0.425. The van der Waals surface area contributed by atoms with E-state index in [1.807, 2.05) is 0 Å². The highest BCUT2D eigenvalue weighted by atomic mass is 35.5. The van der Waals surface area contributed by atoms with Crippen molar-refractivity contribution < 1.29 is 4.57 Å². The van der Waals surface area contributed by atoms with Gasteiger partial charge in [0, 0.05) is 5.41 Å².